The fourth-order valence-electron chi connectivity index (χ4n) is 4.03. The summed E-state index contributed by atoms with van der Waals surface area (Å²) in [6, 6.07) is 9.83. The second-order valence-corrected chi connectivity index (χ2v) is 10.7. The number of ether oxygens (including phenoxy) is 3. The molecule has 4 rings (SSSR count). The van der Waals surface area contributed by atoms with Crippen molar-refractivity contribution in [2.75, 3.05) is 14.2 Å². The number of halogens is 2. The van der Waals surface area contributed by atoms with Crippen molar-refractivity contribution in [2.24, 2.45) is 4.99 Å². The molecule has 1 aliphatic rings. The van der Waals surface area contributed by atoms with Crippen molar-refractivity contribution in [3.63, 3.8) is 0 Å². The van der Waals surface area contributed by atoms with Gasteiger partial charge in [0.25, 0.3) is 5.56 Å². The number of carbonyl (C=O) groups excluding carboxylic acids is 1. The van der Waals surface area contributed by atoms with Crippen molar-refractivity contribution in [2.45, 2.75) is 32.9 Å². The minimum atomic E-state index is -0.802. The first-order chi connectivity index (χ1) is 17.1. The maximum absolute atomic E-state index is 13.8. The molecule has 0 spiro atoms. The quantitative estimate of drug-likeness (QED) is 0.391. The van der Waals surface area contributed by atoms with Crippen LogP contribution in [0.5, 0.6) is 11.5 Å². The third-order valence-electron chi connectivity index (χ3n) is 5.55. The molecule has 10 heteroatoms. The van der Waals surface area contributed by atoms with E-state index < -0.39 is 12.0 Å². The molecular formula is C26H24BrClN2O5S. The number of rotatable bonds is 6. The van der Waals surface area contributed by atoms with Gasteiger partial charge < -0.3 is 14.2 Å². The topological polar surface area (TPSA) is 79.1 Å². The predicted octanol–water partition coefficient (Wildman–Crippen LogP) is 4.62. The van der Waals surface area contributed by atoms with E-state index in [0.29, 0.717) is 42.7 Å². The van der Waals surface area contributed by atoms with Gasteiger partial charge in [0.1, 0.15) is 17.5 Å². The van der Waals surface area contributed by atoms with Crippen LogP contribution >= 0.6 is 38.9 Å². The van der Waals surface area contributed by atoms with E-state index in [-0.39, 0.29) is 17.2 Å². The Labute approximate surface area is 225 Å². The van der Waals surface area contributed by atoms with E-state index in [2.05, 4.69) is 20.9 Å². The predicted molar refractivity (Wildman–Crippen MR) is 144 cm³/mol. The number of allylic oxidation sites excluding steroid dienone is 1. The van der Waals surface area contributed by atoms with E-state index in [1.807, 2.05) is 12.1 Å². The Morgan fingerprint density at radius 3 is 2.53 bits per heavy atom. The van der Waals surface area contributed by atoms with Gasteiger partial charge in [0.2, 0.25) is 0 Å². The van der Waals surface area contributed by atoms with E-state index in [0.717, 1.165) is 4.47 Å². The maximum Gasteiger partial charge on any atom is 0.338 e. The third kappa shape index (κ3) is 5.00. The van der Waals surface area contributed by atoms with Crippen LogP contribution in [0.2, 0.25) is 5.02 Å². The molecule has 2 heterocycles. The molecule has 1 aliphatic heterocycles. The summed E-state index contributed by atoms with van der Waals surface area (Å²) in [4.78, 5) is 32.2. The molecule has 0 fully saturated rings. The summed E-state index contributed by atoms with van der Waals surface area (Å²) >= 11 is 10.9. The lowest BCUT2D eigenvalue weighted by Gasteiger charge is -2.26. The molecule has 0 amide bonds. The summed E-state index contributed by atoms with van der Waals surface area (Å²) in [7, 11) is 3.10. The van der Waals surface area contributed by atoms with Crippen LogP contribution in [0.15, 0.2) is 61.9 Å². The molecule has 0 radical (unpaired) electrons. The first-order valence-corrected chi connectivity index (χ1v) is 13.0. The molecule has 3 aromatic rings. The molecule has 188 valence electrons. The van der Waals surface area contributed by atoms with E-state index >= 15 is 0 Å². The van der Waals surface area contributed by atoms with Crippen LogP contribution < -0.4 is 24.4 Å². The van der Waals surface area contributed by atoms with E-state index in [1.54, 1.807) is 65.3 Å². The molecule has 0 unspecified atom stereocenters. The SMILES string of the molecule is COc1ccc(Cl)cc1/C=c1\sc2n(c1=O)[C@@H](c1cc(Br)ccc1OC)C(C(=O)OC(C)C)=C(C)N=2. The highest BCUT2D eigenvalue weighted by atomic mass is 79.9. The lowest BCUT2D eigenvalue weighted by molar-refractivity contribution is -0.143. The zero-order valence-electron chi connectivity index (χ0n) is 20.3. The van der Waals surface area contributed by atoms with Crippen molar-refractivity contribution >= 4 is 50.9 Å². The number of esters is 1. The van der Waals surface area contributed by atoms with Gasteiger partial charge in [-0.15, -0.1) is 0 Å². The second-order valence-electron chi connectivity index (χ2n) is 8.31. The van der Waals surface area contributed by atoms with Gasteiger partial charge in [0, 0.05) is 20.6 Å². The van der Waals surface area contributed by atoms with Crippen LogP contribution in [0.25, 0.3) is 6.08 Å². The summed E-state index contributed by atoms with van der Waals surface area (Å²) in [5.41, 5.74) is 1.72. The fraction of sp³-hybridized carbons (Fsp3) is 0.269. The molecule has 1 aromatic heterocycles. The Hall–Kier alpha value is -2.88. The number of aromatic nitrogens is 1. The monoisotopic (exact) mass is 590 g/mol. The minimum absolute atomic E-state index is 0.277. The van der Waals surface area contributed by atoms with Crippen molar-refractivity contribution in [1.29, 1.82) is 0 Å². The highest BCUT2D eigenvalue weighted by molar-refractivity contribution is 9.10. The Kier molecular flexibility index (Phi) is 7.73. The first-order valence-electron chi connectivity index (χ1n) is 11.0. The second kappa shape index (κ2) is 10.6. The number of methoxy groups -OCH3 is 2. The number of benzene rings is 2. The van der Waals surface area contributed by atoms with Crippen molar-refractivity contribution in [3.05, 3.63) is 88.0 Å². The van der Waals surface area contributed by atoms with Gasteiger partial charge in [-0.3, -0.25) is 9.36 Å². The van der Waals surface area contributed by atoms with E-state index in [4.69, 9.17) is 25.8 Å². The molecule has 0 aliphatic carbocycles. The molecule has 7 nitrogen and oxygen atoms in total. The lowest BCUT2D eigenvalue weighted by atomic mass is 9.95. The Balaban J connectivity index is 2.02. The van der Waals surface area contributed by atoms with E-state index in [1.165, 1.54) is 15.9 Å². The van der Waals surface area contributed by atoms with Crippen LogP contribution in [0, 0.1) is 0 Å². The highest BCUT2D eigenvalue weighted by Gasteiger charge is 2.35. The number of hydrogen-bond donors (Lipinski definition) is 0. The molecule has 2 aromatic carbocycles. The largest absolute Gasteiger partial charge is 0.496 e. The third-order valence-corrected chi connectivity index (χ3v) is 7.26. The number of thiazole rings is 1. The number of carbonyl (C=O) groups is 1. The average molecular weight is 592 g/mol. The molecule has 1 atom stereocenters. The van der Waals surface area contributed by atoms with Gasteiger partial charge in [-0.1, -0.05) is 38.9 Å². The normalized spacial score (nSPS) is 15.6. The fourth-order valence-corrected chi connectivity index (χ4v) is 5.63. The number of nitrogens with zero attached hydrogens (tertiary/aromatic N) is 2. The molecule has 0 saturated heterocycles. The molecular weight excluding hydrogens is 568 g/mol. The maximum atomic E-state index is 13.8. The van der Waals surface area contributed by atoms with Crippen LogP contribution in [-0.2, 0) is 9.53 Å². The van der Waals surface area contributed by atoms with Crippen LogP contribution in [0.3, 0.4) is 0 Å². The van der Waals surface area contributed by atoms with Crippen LogP contribution in [-0.4, -0.2) is 30.9 Å². The van der Waals surface area contributed by atoms with E-state index in [9.17, 15) is 9.59 Å². The Bertz CT molecular complexity index is 1560. The summed E-state index contributed by atoms with van der Waals surface area (Å²) in [6.45, 7) is 5.29. The molecule has 0 bridgehead atoms. The summed E-state index contributed by atoms with van der Waals surface area (Å²) in [6.07, 6.45) is 1.37. The van der Waals surface area contributed by atoms with Gasteiger partial charge in [0.15, 0.2) is 4.80 Å². The Morgan fingerprint density at radius 2 is 1.86 bits per heavy atom. The van der Waals surface area contributed by atoms with Crippen molar-refractivity contribution in [1.82, 2.24) is 4.57 Å². The van der Waals surface area contributed by atoms with Crippen LogP contribution in [0.1, 0.15) is 37.9 Å². The van der Waals surface area contributed by atoms with Gasteiger partial charge in [-0.25, -0.2) is 9.79 Å². The summed E-state index contributed by atoms with van der Waals surface area (Å²) in [5.74, 6) is 0.565. The zero-order chi connectivity index (χ0) is 26.1. The van der Waals surface area contributed by atoms with Crippen molar-refractivity contribution in [3.8, 4) is 11.5 Å². The standard InChI is InChI=1S/C26H24BrClN2O5S/c1-13(2)35-25(32)22-14(3)29-26-30(23(22)18-12-16(27)6-8-20(18)34-5)24(31)21(36-26)11-15-10-17(28)7-9-19(15)33-4/h6-13,23H,1-5H3/b21-11-/t23-/m0/s1. The van der Waals surface area contributed by atoms with Crippen LogP contribution in [0.4, 0.5) is 0 Å². The van der Waals surface area contributed by atoms with Gasteiger partial charge >= 0.3 is 5.97 Å². The number of fused-ring (bicyclic) bond motifs is 1. The molecule has 36 heavy (non-hydrogen) atoms. The Morgan fingerprint density at radius 1 is 1.17 bits per heavy atom. The average Bonchev–Trinajstić information content (AvgIpc) is 3.12. The summed E-state index contributed by atoms with van der Waals surface area (Å²) < 4.78 is 19.3. The first kappa shape index (κ1) is 26.2. The smallest absolute Gasteiger partial charge is 0.338 e. The van der Waals surface area contributed by atoms with Gasteiger partial charge in [0.05, 0.1) is 36.1 Å². The summed E-state index contributed by atoms with van der Waals surface area (Å²) in [5, 5.41) is 0.515. The minimum Gasteiger partial charge on any atom is -0.496 e. The van der Waals surface area contributed by atoms with Crippen molar-refractivity contribution < 1.29 is 19.0 Å². The zero-order valence-corrected chi connectivity index (χ0v) is 23.5. The van der Waals surface area contributed by atoms with Gasteiger partial charge in [-0.05, 0) is 63.2 Å². The lowest BCUT2D eigenvalue weighted by Crippen LogP contribution is -2.40. The molecule has 0 saturated carbocycles. The number of hydrogen-bond acceptors (Lipinski definition) is 7. The highest BCUT2D eigenvalue weighted by Crippen LogP contribution is 2.37. The molecule has 0 N–H and O–H groups in total. The van der Waals surface area contributed by atoms with Gasteiger partial charge in [-0.2, -0.15) is 0 Å².